The number of halogens is 1. The first-order valence-corrected chi connectivity index (χ1v) is 6.80. The summed E-state index contributed by atoms with van der Waals surface area (Å²) < 4.78 is 23.5. The van der Waals surface area contributed by atoms with Gasteiger partial charge >= 0.3 is 0 Å². The van der Waals surface area contributed by atoms with Crippen molar-refractivity contribution in [1.29, 1.82) is 0 Å². The summed E-state index contributed by atoms with van der Waals surface area (Å²) in [6.07, 6.45) is 1.19. The van der Waals surface area contributed by atoms with Crippen molar-refractivity contribution >= 4 is 12.4 Å². The van der Waals surface area contributed by atoms with Gasteiger partial charge in [-0.1, -0.05) is 24.3 Å². The van der Waals surface area contributed by atoms with Gasteiger partial charge in [-0.15, -0.1) is 12.4 Å². The number of fused-ring (bicyclic) bond motifs is 2. The SMILES string of the molecule is Cl.[2H]C([2H])([2H])N1CCc2cccc3c2C1Cc1ccc(O)c(O)c1-3. The largest absolute Gasteiger partial charge is 0.504 e. The van der Waals surface area contributed by atoms with E-state index in [1.54, 1.807) is 11.0 Å². The molecule has 0 saturated heterocycles. The molecule has 1 heterocycles. The zero-order chi connectivity index (χ0) is 16.4. The van der Waals surface area contributed by atoms with Crippen molar-refractivity contribution < 1.29 is 14.3 Å². The van der Waals surface area contributed by atoms with Gasteiger partial charge in [0, 0.05) is 22.3 Å². The molecule has 0 saturated carbocycles. The molecule has 4 rings (SSSR count). The Labute approximate surface area is 134 Å². The molecule has 2 N–H and O–H groups in total. The van der Waals surface area contributed by atoms with Crippen molar-refractivity contribution in [1.82, 2.24) is 4.90 Å². The van der Waals surface area contributed by atoms with E-state index in [0.29, 0.717) is 24.9 Å². The second kappa shape index (κ2) is 4.93. The minimum atomic E-state index is -2.15. The van der Waals surface area contributed by atoms with E-state index in [2.05, 4.69) is 0 Å². The predicted octanol–water partition coefficient (Wildman–Crippen LogP) is 3.27. The van der Waals surface area contributed by atoms with Crippen LogP contribution in [0.5, 0.6) is 11.5 Å². The van der Waals surface area contributed by atoms with E-state index in [4.69, 9.17) is 4.11 Å². The highest BCUT2D eigenvalue weighted by molar-refractivity contribution is 5.85. The number of phenols is 2. The normalized spacial score (nSPS) is 22.1. The van der Waals surface area contributed by atoms with Crippen molar-refractivity contribution in [2.24, 2.45) is 0 Å². The predicted molar refractivity (Wildman–Crippen MR) is 85.2 cm³/mol. The van der Waals surface area contributed by atoms with Crippen LogP contribution in [0.4, 0.5) is 0 Å². The van der Waals surface area contributed by atoms with Gasteiger partial charge in [0.1, 0.15) is 0 Å². The number of hydrogen-bond donors (Lipinski definition) is 2. The van der Waals surface area contributed by atoms with Gasteiger partial charge in [0.05, 0.1) is 0 Å². The molecule has 3 nitrogen and oxygen atoms in total. The minimum Gasteiger partial charge on any atom is -0.504 e. The summed E-state index contributed by atoms with van der Waals surface area (Å²) in [6.45, 7) is -1.65. The maximum atomic E-state index is 10.3. The van der Waals surface area contributed by atoms with E-state index in [9.17, 15) is 10.2 Å². The lowest BCUT2D eigenvalue weighted by Gasteiger charge is -2.39. The topological polar surface area (TPSA) is 43.7 Å². The highest BCUT2D eigenvalue weighted by Gasteiger charge is 2.33. The average molecular weight is 307 g/mol. The van der Waals surface area contributed by atoms with Gasteiger partial charge in [-0.2, -0.15) is 0 Å². The zero-order valence-electron chi connectivity index (χ0n) is 14.3. The van der Waals surface area contributed by atoms with Gasteiger partial charge in [-0.3, -0.25) is 4.90 Å². The molecule has 2 aliphatic rings. The lowest BCUT2D eigenvalue weighted by molar-refractivity contribution is 0.228. The monoisotopic (exact) mass is 306 g/mol. The summed E-state index contributed by atoms with van der Waals surface area (Å²) in [7, 11) is 0. The molecule has 1 atom stereocenters. The van der Waals surface area contributed by atoms with Gasteiger partial charge in [0.25, 0.3) is 0 Å². The molecule has 2 aromatic carbocycles. The van der Waals surface area contributed by atoms with Crippen LogP contribution in [0.1, 0.15) is 26.8 Å². The lowest BCUT2D eigenvalue weighted by Crippen LogP contribution is -2.35. The summed E-state index contributed by atoms with van der Waals surface area (Å²) in [6, 6.07) is 8.85. The van der Waals surface area contributed by atoms with Crippen LogP contribution in [0.3, 0.4) is 0 Å². The maximum absolute atomic E-state index is 10.3. The van der Waals surface area contributed by atoms with Gasteiger partial charge in [-0.25, -0.2) is 0 Å². The van der Waals surface area contributed by atoms with E-state index in [1.165, 1.54) is 6.07 Å². The Kier molecular flexibility index (Phi) is 2.57. The van der Waals surface area contributed by atoms with E-state index in [1.807, 2.05) is 18.2 Å². The van der Waals surface area contributed by atoms with Crippen LogP contribution in [0.2, 0.25) is 0 Å². The number of nitrogens with zero attached hydrogens (tertiary/aromatic N) is 1. The average Bonchev–Trinajstić information content (AvgIpc) is 2.50. The van der Waals surface area contributed by atoms with E-state index in [0.717, 1.165) is 22.3 Å². The van der Waals surface area contributed by atoms with Crippen LogP contribution in [0, 0.1) is 0 Å². The van der Waals surface area contributed by atoms with Crippen LogP contribution in [0.15, 0.2) is 30.3 Å². The molecular weight excluding hydrogens is 286 g/mol. The van der Waals surface area contributed by atoms with E-state index < -0.39 is 6.98 Å². The molecule has 0 amide bonds. The van der Waals surface area contributed by atoms with E-state index in [-0.39, 0.29) is 29.9 Å². The highest BCUT2D eigenvalue weighted by atomic mass is 35.5. The van der Waals surface area contributed by atoms with Crippen molar-refractivity contribution in [3.05, 3.63) is 47.0 Å². The first-order chi connectivity index (χ1) is 10.9. The smallest absolute Gasteiger partial charge is 0.165 e. The fourth-order valence-electron chi connectivity index (χ4n) is 3.51. The number of phenolic OH excluding ortho intramolecular Hbond substituents is 2. The Morgan fingerprint density at radius 2 is 2.05 bits per heavy atom. The Hall–Kier alpha value is -1.71. The molecule has 2 aromatic rings. The number of hydrogen-bond acceptors (Lipinski definition) is 3. The fraction of sp³-hybridized carbons (Fsp3) is 0.294. The van der Waals surface area contributed by atoms with Crippen LogP contribution in [0.25, 0.3) is 11.1 Å². The molecule has 0 aromatic heterocycles. The zero-order valence-corrected chi connectivity index (χ0v) is 12.2. The number of likely N-dealkylation sites (N-methyl/N-ethyl adjacent to an activating group) is 1. The molecular formula is C17H18ClNO2. The molecule has 21 heavy (non-hydrogen) atoms. The van der Waals surface area contributed by atoms with Crippen LogP contribution in [-0.2, 0) is 12.8 Å². The summed E-state index contributed by atoms with van der Waals surface area (Å²) in [4.78, 5) is 1.58. The van der Waals surface area contributed by atoms with E-state index >= 15 is 0 Å². The summed E-state index contributed by atoms with van der Waals surface area (Å²) in [5.41, 5.74) is 4.43. The molecule has 1 aliphatic heterocycles. The van der Waals surface area contributed by atoms with Gasteiger partial charge in [0.2, 0.25) is 0 Å². The number of rotatable bonds is 0. The van der Waals surface area contributed by atoms with Crippen LogP contribution >= 0.6 is 12.4 Å². The number of aromatic hydroxyl groups is 2. The molecule has 0 spiro atoms. The Morgan fingerprint density at radius 3 is 2.86 bits per heavy atom. The van der Waals surface area contributed by atoms with Crippen molar-refractivity contribution in [2.75, 3.05) is 13.5 Å². The Balaban J connectivity index is 0.00000169. The Bertz CT molecular complexity index is 807. The van der Waals surface area contributed by atoms with Gasteiger partial charge < -0.3 is 10.2 Å². The van der Waals surface area contributed by atoms with Crippen molar-refractivity contribution in [3.63, 3.8) is 0 Å². The molecule has 0 bridgehead atoms. The quantitative estimate of drug-likeness (QED) is 0.734. The lowest BCUT2D eigenvalue weighted by atomic mass is 9.77. The first-order valence-electron chi connectivity index (χ1n) is 8.30. The maximum Gasteiger partial charge on any atom is 0.165 e. The molecule has 0 radical (unpaired) electrons. The minimum absolute atomic E-state index is 0. The second-order valence-electron chi connectivity index (χ2n) is 5.51. The van der Waals surface area contributed by atoms with Crippen LogP contribution in [-0.4, -0.2) is 28.6 Å². The van der Waals surface area contributed by atoms with Crippen LogP contribution < -0.4 is 0 Å². The van der Waals surface area contributed by atoms with Crippen molar-refractivity contribution in [2.45, 2.75) is 18.9 Å². The first kappa shape index (κ1) is 10.9. The third kappa shape index (κ3) is 1.92. The highest BCUT2D eigenvalue weighted by Crippen LogP contribution is 2.49. The second-order valence-corrected chi connectivity index (χ2v) is 5.51. The standard InChI is InChI=1S/C17H17NO2.ClH/c1-18-8-7-10-3-2-4-12-15(10)13(18)9-11-5-6-14(19)17(20)16(11)12;/h2-6,13,19-20H,7-9H2,1H3;1H/i1D3;. The summed E-state index contributed by atoms with van der Waals surface area (Å²) in [5, 5.41) is 20.1. The number of benzene rings is 2. The molecule has 0 fully saturated rings. The summed E-state index contributed by atoms with van der Waals surface area (Å²) in [5.74, 6) is -0.274. The van der Waals surface area contributed by atoms with Crippen molar-refractivity contribution in [3.8, 4) is 22.6 Å². The molecule has 4 heteroatoms. The third-order valence-electron chi connectivity index (χ3n) is 4.45. The fourth-order valence-corrected chi connectivity index (χ4v) is 3.51. The van der Waals surface area contributed by atoms with Gasteiger partial charge in [-0.05, 0) is 48.1 Å². The molecule has 1 aliphatic carbocycles. The summed E-state index contributed by atoms with van der Waals surface area (Å²) >= 11 is 0. The molecule has 1 unspecified atom stereocenters. The third-order valence-corrected chi connectivity index (χ3v) is 4.45. The molecule has 110 valence electrons. The Morgan fingerprint density at radius 1 is 1.19 bits per heavy atom. The van der Waals surface area contributed by atoms with Gasteiger partial charge in [0.15, 0.2) is 11.5 Å².